The molecule has 0 spiro atoms. The van der Waals surface area contributed by atoms with Crippen LogP contribution in [-0.4, -0.2) is 26.6 Å². The maximum absolute atomic E-state index is 4.74. The van der Waals surface area contributed by atoms with Gasteiger partial charge in [-0.2, -0.15) is 0 Å². The first-order valence-electron chi connectivity index (χ1n) is 6.96. The van der Waals surface area contributed by atoms with Gasteiger partial charge in [0, 0.05) is 42.9 Å². The van der Waals surface area contributed by atoms with Crippen LogP contribution in [0.25, 0.3) is 0 Å². The number of anilines is 1. The lowest BCUT2D eigenvalue weighted by atomic mass is 10.1. The van der Waals surface area contributed by atoms with Crippen molar-refractivity contribution in [3.05, 3.63) is 29.3 Å². The molecular weight excluding hydrogens is 270 g/mol. The van der Waals surface area contributed by atoms with Crippen LogP contribution in [0.1, 0.15) is 32.3 Å². The van der Waals surface area contributed by atoms with E-state index in [9.17, 15) is 0 Å². The van der Waals surface area contributed by atoms with E-state index in [2.05, 4.69) is 45.9 Å². The number of fused-ring (bicyclic) bond motifs is 1. The summed E-state index contributed by atoms with van der Waals surface area (Å²) in [6, 6.07) is 0. The Kier molecular flexibility index (Phi) is 3.52. The molecule has 1 aliphatic rings. The van der Waals surface area contributed by atoms with Crippen LogP contribution in [0.15, 0.2) is 17.8 Å². The molecule has 0 fully saturated rings. The Morgan fingerprint density at radius 3 is 3.00 bits per heavy atom. The molecular formula is C14H21N5S. The maximum atomic E-state index is 4.74. The molecule has 0 aromatic carbocycles. The van der Waals surface area contributed by atoms with E-state index < -0.39 is 0 Å². The van der Waals surface area contributed by atoms with Gasteiger partial charge in [-0.15, -0.1) is 11.3 Å². The molecule has 108 valence electrons. The van der Waals surface area contributed by atoms with Gasteiger partial charge in [0.15, 0.2) is 5.13 Å². The molecule has 0 saturated carbocycles. The van der Waals surface area contributed by atoms with Crippen molar-refractivity contribution in [1.82, 2.24) is 19.9 Å². The van der Waals surface area contributed by atoms with E-state index in [1.54, 1.807) is 11.3 Å². The number of nitrogens with one attached hydrogen (secondary N) is 1. The van der Waals surface area contributed by atoms with Gasteiger partial charge in [0.1, 0.15) is 5.82 Å². The first-order valence-corrected chi connectivity index (χ1v) is 7.84. The number of thiazole rings is 1. The largest absolute Gasteiger partial charge is 0.339 e. The third kappa shape index (κ3) is 3.02. The van der Waals surface area contributed by atoms with Crippen LogP contribution < -0.4 is 10.2 Å². The average molecular weight is 291 g/mol. The van der Waals surface area contributed by atoms with Gasteiger partial charge >= 0.3 is 0 Å². The van der Waals surface area contributed by atoms with Gasteiger partial charge in [-0.3, -0.25) is 0 Å². The molecule has 1 aliphatic heterocycles. The van der Waals surface area contributed by atoms with Crippen molar-refractivity contribution in [2.45, 2.75) is 45.9 Å². The monoisotopic (exact) mass is 291 g/mol. The van der Waals surface area contributed by atoms with Crippen LogP contribution in [-0.2, 0) is 19.6 Å². The Morgan fingerprint density at radius 1 is 1.35 bits per heavy atom. The van der Waals surface area contributed by atoms with E-state index in [-0.39, 0.29) is 5.54 Å². The van der Waals surface area contributed by atoms with Crippen LogP contribution >= 0.6 is 11.3 Å². The fourth-order valence-electron chi connectivity index (χ4n) is 2.22. The molecule has 0 saturated heterocycles. The second kappa shape index (κ2) is 5.18. The fourth-order valence-corrected chi connectivity index (χ4v) is 3.07. The lowest BCUT2D eigenvalue weighted by molar-refractivity contribution is 0.421. The first kappa shape index (κ1) is 13.6. The molecule has 2 aromatic rings. The normalized spacial score (nSPS) is 15.4. The molecule has 0 aliphatic carbocycles. The summed E-state index contributed by atoms with van der Waals surface area (Å²) in [5.41, 5.74) is 1.24. The van der Waals surface area contributed by atoms with Crippen LogP contribution in [0.3, 0.4) is 0 Å². The first-order chi connectivity index (χ1) is 9.51. The Bertz CT molecular complexity index is 580. The van der Waals surface area contributed by atoms with Crippen molar-refractivity contribution < 1.29 is 0 Å². The van der Waals surface area contributed by atoms with Crippen molar-refractivity contribution in [2.24, 2.45) is 0 Å². The Balaban J connectivity index is 1.66. The predicted octanol–water partition coefficient (Wildman–Crippen LogP) is 2.25. The van der Waals surface area contributed by atoms with Crippen molar-refractivity contribution in [1.29, 1.82) is 0 Å². The third-order valence-electron chi connectivity index (χ3n) is 3.35. The lowest BCUT2D eigenvalue weighted by Gasteiger charge is -2.27. The van der Waals surface area contributed by atoms with E-state index in [4.69, 9.17) is 4.98 Å². The van der Waals surface area contributed by atoms with E-state index in [0.717, 1.165) is 42.8 Å². The summed E-state index contributed by atoms with van der Waals surface area (Å²) in [7, 11) is 0. The average Bonchev–Trinajstić information content (AvgIpc) is 3.03. The maximum Gasteiger partial charge on any atom is 0.186 e. The van der Waals surface area contributed by atoms with Gasteiger partial charge in [0.25, 0.3) is 0 Å². The number of nitrogens with zero attached hydrogens (tertiary/aromatic N) is 4. The molecule has 5 nitrogen and oxygen atoms in total. The van der Waals surface area contributed by atoms with Crippen molar-refractivity contribution in [3.63, 3.8) is 0 Å². The number of rotatable bonds is 3. The zero-order valence-electron chi connectivity index (χ0n) is 12.3. The molecule has 0 atom stereocenters. The van der Waals surface area contributed by atoms with Crippen molar-refractivity contribution >= 4 is 16.5 Å². The zero-order chi connectivity index (χ0) is 14.2. The Labute approximate surface area is 123 Å². The number of hydrogen-bond acceptors (Lipinski definition) is 5. The van der Waals surface area contributed by atoms with Gasteiger partial charge in [0.2, 0.25) is 0 Å². The molecule has 6 heteroatoms. The van der Waals surface area contributed by atoms with Crippen LogP contribution in [0.5, 0.6) is 0 Å². The lowest BCUT2D eigenvalue weighted by Crippen LogP contribution is -2.35. The Hall–Kier alpha value is -1.40. The standard InChI is InChI=1S/C14H21N5S/c1-14(2,3)16-8-11-10-20-13(17-11)19-7-6-18-5-4-15-12(18)9-19/h4-5,10,16H,6-9H2,1-3H3. The van der Waals surface area contributed by atoms with Gasteiger partial charge in [-0.1, -0.05) is 0 Å². The molecule has 0 bridgehead atoms. The third-order valence-corrected chi connectivity index (χ3v) is 4.31. The number of hydrogen-bond donors (Lipinski definition) is 1. The highest BCUT2D eigenvalue weighted by Crippen LogP contribution is 2.24. The van der Waals surface area contributed by atoms with E-state index >= 15 is 0 Å². The van der Waals surface area contributed by atoms with Gasteiger partial charge < -0.3 is 14.8 Å². The predicted molar refractivity (Wildman–Crippen MR) is 82.0 cm³/mol. The highest BCUT2D eigenvalue weighted by molar-refractivity contribution is 7.13. The van der Waals surface area contributed by atoms with Gasteiger partial charge in [0.05, 0.1) is 12.2 Å². The second-order valence-corrected chi connectivity index (χ2v) is 7.02. The summed E-state index contributed by atoms with van der Waals surface area (Å²) < 4.78 is 2.21. The summed E-state index contributed by atoms with van der Waals surface area (Å²) in [5, 5.41) is 6.72. The molecule has 20 heavy (non-hydrogen) atoms. The van der Waals surface area contributed by atoms with Crippen LogP contribution in [0, 0.1) is 0 Å². The zero-order valence-corrected chi connectivity index (χ0v) is 13.1. The minimum Gasteiger partial charge on any atom is -0.339 e. The summed E-state index contributed by atoms with van der Waals surface area (Å²) in [6.07, 6.45) is 3.92. The summed E-state index contributed by atoms with van der Waals surface area (Å²) in [4.78, 5) is 11.4. The highest BCUT2D eigenvalue weighted by atomic mass is 32.1. The van der Waals surface area contributed by atoms with E-state index in [0.29, 0.717) is 0 Å². The summed E-state index contributed by atoms with van der Waals surface area (Å²) in [5.74, 6) is 1.13. The molecule has 3 heterocycles. The van der Waals surface area contributed by atoms with E-state index in [1.165, 1.54) is 0 Å². The van der Waals surface area contributed by atoms with Crippen LogP contribution in [0.4, 0.5) is 5.13 Å². The molecule has 2 aromatic heterocycles. The topological polar surface area (TPSA) is 46.0 Å². The van der Waals surface area contributed by atoms with Crippen LogP contribution in [0.2, 0.25) is 0 Å². The summed E-state index contributed by atoms with van der Waals surface area (Å²) >= 11 is 1.72. The van der Waals surface area contributed by atoms with Gasteiger partial charge in [-0.25, -0.2) is 9.97 Å². The second-order valence-electron chi connectivity index (χ2n) is 6.18. The quantitative estimate of drug-likeness (QED) is 0.942. The highest BCUT2D eigenvalue weighted by Gasteiger charge is 2.19. The minimum absolute atomic E-state index is 0.125. The SMILES string of the molecule is CC(C)(C)NCc1csc(N2CCn3ccnc3C2)n1. The molecule has 3 rings (SSSR count). The minimum atomic E-state index is 0.125. The molecule has 0 radical (unpaired) electrons. The van der Waals surface area contributed by atoms with Crippen molar-refractivity contribution in [2.75, 3.05) is 11.4 Å². The van der Waals surface area contributed by atoms with Gasteiger partial charge in [-0.05, 0) is 20.8 Å². The smallest absolute Gasteiger partial charge is 0.186 e. The number of aromatic nitrogens is 3. The van der Waals surface area contributed by atoms with E-state index in [1.807, 2.05) is 12.4 Å². The fraction of sp³-hybridized carbons (Fsp3) is 0.571. The molecule has 1 N–H and O–H groups in total. The molecule has 0 unspecified atom stereocenters. The van der Waals surface area contributed by atoms with Crippen molar-refractivity contribution in [3.8, 4) is 0 Å². The Morgan fingerprint density at radius 2 is 2.20 bits per heavy atom. The number of imidazole rings is 1. The summed E-state index contributed by atoms with van der Waals surface area (Å²) in [6.45, 7) is 10.2. The molecule has 0 amide bonds.